The van der Waals surface area contributed by atoms with Crippen LogP contribution in [0.2, 0.25) is 5.02 Å². The van der Waals surface area contributed by atoms with E-state index in [2.05, 4.69) is 10.6 Å². The molecule has 0 saturated carbocycles. The summed E-state index contributed by atoms with van der Waals surface area (Å²) in [5.74, 6) is -0.846. The fourth-order valence-electron chi connectivity index (χ4n) is 2.98. The predicted octanol–water partition coefficient (Wildman–Crippen LogP) is 3.40. The van der Waals surface area contributed by atoms with E-state index in [0.717, 1.165) is 6.07 Å². The number of urea groups is 1. The predicted molar refractivity (Wildman–Crippen MR) is 103 cm³/mol. The first-order chi connectivity index (χ1) is 13.9. The maximum Gasteiger partial charge on any atom is 0.319 e. The molecule has 1 aromatic rings. The van der Waals surface area contributed by atoms with Gasteiger partial charge in [-0.05, 0) is 38.2 Å². The molecule has 7 nitrogen and oxygen atoms in total. The van der Waals surface area contributed by atoms with Crippen LogP contribution in [0.5, 0.6) is 5.75 Å². The van der Waals surface area contributed by atoms with Gasteiger partial charge in [0.15, 0.2) is 15.6 Å². The molecule has 0 spiro atoms. The second-order valence-electron chi connectivity index (χ2n) is 6.39. The van der Waals surface area contributed by atoms with Crippen molar-refractivity contribution in [2.24, 2.45) is 0 Å². The summed E-state index contributed by atoms with van der Waals surface area (Å²) >= 11 is 12.1. The first-order valence-corrected chi connectivity index (χ1v) is 10.4. The second-order valence-corrected chi connectivity index (χ2v) is 9.43. The van der Waals surface area contributed by atoms with Crippen LogP contribution in [0.1, 0.15) is 30.2 Å². The summed E-state index contributed by atoms with van der Waals surface area (Å²) in [5.41, 5.74) is -0.242. The van der Waals surface area contributed by atoms with Gasteiger partial charge in [-0.15, -0.1) is 0 Å². The number of rotatable bonds is 4. The Balaban J connectivity index is 1.96. The largest absolute Gasteiger partial charge is 0.504 e. The summed E-state index contributed by atoms with van der Waals surface area (Å²) in [6.45, 7) is -3.55. The van der Waals surface area contributed by atoms with Gasteiger partial charge in [-0.1, -0.05) is 29.3 Å². The number of phenols is 1. The van der Waals surface area contributed by atoms with Crippen LogP contribution in [0.25, 0.3) is 0 Å². The number of hydrogen-bond acceptors (Lipinski definition) is 5. The number of hydrogen-bond donors (Lipinski definition) is 3. The van der Waals surface area contributed by atoms with E-state index in [1.165, 1.54) is 6.07 Å². The summed E-state index contributed by atoms with van der Waals surface area (Å²) in [4.78, 5) is 11.5. The number of aromatic hydroxyl groups is 1. The Labute approximate surface area is 171 Å². The quantitative estimate of drug-likeness (QED) is 0.625. The molecule has 3 N–H and O–H groups in total. The molecule has 0 aromatic heterocycles. The molecule has 3 rings (SSSR count). The van der Waals surface area contributed by atoms with E-state index in [0.29, 0.717) is 17.9 Å². The van der Waals surface area contributed by atoms with Crippen molar-refractivity contribution in [3.63, 3.8) is 0 Å². The van der Waals surface area contributed by atoms with Gasteiger partial charge in [0.05, 0.1) is 28.1 Å². The average molecular weight is 438 g/mol. The number of allylic oxidation sites excluding steroid dienone is 1. The Morgan fingerprint density at radius 3 is 2.81 bits per heavy atom. The summed E-state index contributed by atoms with van der Waals surface area (Å²) in [6, 6.07) is 1.27. The van der Waals surface area contributed by atoms with Crippen LogP contribution >= 0.6 is 23.2 Å². The minimum atomic E-state index is -4.68. The Bertz CT molecular complexity index is 992. The van der Waals surface area contributed by atoms with E-state index < -0.39 is 50.8 Å². The number of halogens is 2. The van der Waals surface area contributed by atoms with Gasteiger partial charge >= 0.3 is 6.03 Å². The maximum atomic E-state index is 13.4. The van der Waals surface area contributed by atoms with E-state index in [4.69, 9.17) is 32.1 Å². The van der Waals surface area contributed by atoms with Gasteiger partial charge in [0.2, 0.25) is 0 Å². The van der Waals surface area contributed by atoms with Crippen LogP contribution in [-0.4, -0.2) is 43.6 Å². The second kappa shape index (κ2) is 7.50. The summed E-state index contributed by atoms with van der Waals surface area (Å²) in [7, 11) is -4.68. The number of nitrogens with one attached hydrogen (secondary N) is 2. The van der Waals surface area contributed by atoms with Crippen LogP contribution in [-0.2, 0) is 14.6 Å². The summed E-state index contributed by atoms with van der Waals surface area (Å²) in [6.07, 6.45) is 2.80. The standard InChI is InChI=1S/C17H20Cl2N2O5S/c1-17(7-8-26-9-17)27(24,25)15-11(19)5-6-13(14(15)22)21-16(23)20-12-4-2-3-10(12)18/h3,5-6,12,22H,2,4,7-9H2,1H3,(H2,20,21,23)/t12-,17?/m1/s1/i1D3. The Hall–Kier alpha value is -1.48. The van der Waals surface area contributed by atoms with Crippen molar-refractivity contribution in [3.8, 4) is 5.75 Å². The van der Waals surface area contributed by atoms with E-state index in [-0.39, 0.29) is 23.7 Å². The third-order valence-corrected chi connectivity index (χ3v) is 7.68. The van der Waals surface area contributed by atoms with E-state index in [1.54, 1.807) is 6.08 Å². The van der Waals surface area contributed by atoms with Crippen molar-refractivity contribution in [1.82, 2.24) is 5.32 Å². The molecular weight excluding hydrogens is 415 g/mol. The monoisotopic (exact) mass is 437 g/mol. The fraction of sp³-hybridized carbons (Fsp3) is 0.471. The minimum absolute atomic E-state index is 0.0635. The molecule has 2 amide bonds. The minimum Gasteiger partial charge on any atom is -0.504 e. The lowest BCUT2D eigenvalue weighted by molar-refractivity contribution is 0.191. The zero-order valence-electron chi connectivity index (χ0n) is 17.1. The lowest BCUT2D eigenvalue weighted by Gasteiger charge is -2.24. The highest BCUT2D eigenvalue weighted by Crippen LogP contribution is 2.43. The molecule has 27 heavy (non-hydrogen) atoms. The van der Waals surface area contributed by atoms with Gasteiger partial charge in [-0.3, -0.25) is 0 Å². The molecule has 2 aliphatic rings. The van der Waals surface area contributed by atoms with Crippen molar-refractivity contribution in [1.29, 1.82) is 0 Å². The summed E-state index contributed by atoms with van der Waals surface area (Å²) in [5, 5.41) is 15.7. The van der Waals surface area contributed by atoms with Gasteiger partial charge < -0.3 is 20.5 Å². The lowest BCUT2D eigenvalue weighted by Crippen LogP contribution is -2.37. The Kier molecular flexibility index (Phi) is 4.58. The fourth-order valence-corrected chi connectivity index (χ4v) is 5.38. The van der Waals surface area contributed by atoms with Crippen molar-refractivity contribution in [2.75, 3.05) is 18.5 Å². The first-order valence-electron chi connectivity index (χ1n) is 9.67. The van der Waals surface area contributed by atoms with Crippen molar-refractivity contribution >= 4 is 44.8 Å². The van der Waals surface area contributed by atoms with Crippen LogP contribution in [0.15, 0.2) is 28.1 Å². The molecule has 1 unspecified atom stereocenters. The molecule has 148 valence electrons. The molecule has 1 aliphatic heterocycles. The van der Waals surface area contributed by atoms with Gasteiger partial charge in [-0.2, -0.15) is 0 Å². The number of benzene rings is 1. The maximum absolute atomic E-state index is 13.4. The van der Waals surface area contributed by atoms with Crippen molar-refractivity contribution in [2.45, 2.75) is 41.8 Å². The number of phenolic OH excluding ortho intramolecular Hbond substituents is 1. The van der Waals surface area contributed by atoms with Crippen LogP contribution in [0.4, 0.5) is 10.5 Å². The van der Waals surface area contributed by atoms with Crippen molar-refractivity contribution < 1.29 is 27.2 Å². The number of carbonyl (C=O) groups is 1. The number of carbonyl (C=O) groups excluding carboxylic acids is 1. The summed E-state index contributed by atoms with van der Waals surface area (Å²) < 4.78 is 52.9. The highest BCUT2D eigenvalue weighted by atomic mass is 35.5. The topological polar surface area (TPSA) is 105 Å². The van der Waals surface area contributed by atoms with Crippen molar-refractivity contribution in [3.05, 3.63) is 28.3 Å². The molecule has 10 heteroatoms. The number of ether oxygens (including phenoxy) is 1. The zero-order chi connectivity index (χ0) is 22.3. The van der Waals surface area contributed by atoms with Crippen LogP contribution in [0.3, 0.4) is 0 Å². The number of amides is 2. The van der Waals surface area contributed by atoms with E-state index in [9.17, 15) is 18.3 Å². The van der Waals surface area contributed by atoms with Gasteiger partial charge in [0, 0.05) is 15.8 Å². The molecule has 1 aromatic carbocycles. The molecule has 0 radical (unpaired) electrons. The molecule has 1 fully saturated rings. The van der Waals surface area contributed by atoms with Gasteiger partial charge in [0.25, 0.3) is 0 Å². The number of sulfone groups is 1. The zero-order valence-corrected chi connectivity index (χ0v) is 16.4. The molecule has 1 saturated heterocycles. The van der Waals surface area contributed by atoms with Crippen LogP contribution < -0.4 is 10.6 Å². The third kappa shape index (κ3) is 3.76. The third-order valence-electron chi connectivity index (χ3n) is 4.53. The smallest absolute Gasteiger partial charge is 0.319 e. The van der Waals surface area contributed by atoms with E-state index >= 15 is 0 Å². The Morgan fingerprint density at radius 1 is 1.44 bits per heavy atom. The van der Waals surface area contributed by atoms with Gasteiger partial charge in [0.1, 0.15) is 4.90 Å². The normalized spacial score (nSPS) is 27.4. The highest BCUT2D eigenvalue weighted by molar-refractivity contribution is 7.93. The first kappa shape index (κ1) is 16.5. The average Bonchev–Trinajstić information content (AvgIpc) is 3.28. The van der Waals surface area contributed by atoms with E-state index in [1.807, 2.05) is 0 Å². The SMILES string of the molecule is [2H]C([2H])([2H])C1(S(=O)(=O)c2c(Cl)ccc(NC(=O)N[C@@H]3CCC=C3Cl)c2O)CCOC1. The highest BCUT2D eigenvalue weighted by Gasteiger charge is 2.46. The molecular formula is C17H20Cl2N2O5S. The molecule has 0 bridgehead atoms. The number of anilines is 1. The lowest BCUT2D eigenvalue weighted by atomic mass is 10.1. The molecule has 1 aliphatic carbocycles. The molecule has 1 heterocycles. The molecule has 2 atom stereocenters. The Morgan fingerprint density at radius 2 is 2.22 bits per heavy atom. The van der Waals surface area contributed by atoms with Crippen LogP contribution in [0, 0.1) is 0 Å². The van der Waals surface area contributed by atoms with Gasteiger partial charge in [-0.25, -0.2) is 13.2 Å².